The van der Waals surface area contributed by atoms with Crippen molar-refractivity contribution in [1.29, 1.82) is 0 Å². The third-order valence-corrected chi connectivity index (χ3v) is 5.93. The van der Waals surface area contributed by atoms with Gasteiger partial charge in [0.1, 0.15) is 0 Å². The number of likely N-dealkylation sites (tertiary alicyclic amines) is 2. The van der Waals surface area contributed by atoms with Crippen LogP contribution < -0.4 is 5.73 Å². The Balaban J connectivity index is 1.52. The summed E-state index contributed by atoms with van der Waals surface area (Å²) in [5, 5.41) is 0. The lowest BCUT2D eigenvalue weighted by Crippen LogP contribution is -2.46. The van der Waals surface area contributed by atoms with Gasteiger partial charge < -0.3 is 10.6 Å². The number of rotatable bonds is 3. The highest BCUT2D eigenvalue weighted by atomic mass is 79.9. The monoisotopic (exact) mass is 351 g/mol. The fourth-order valence-electron chi connectivity index (χ4n) is 3.69. The first-order valence-electron chi connectivity index (χ1n) is 8.23. The minimum Gasteiger partial charge on any atom is -0.398 e. The van der Waals surface area contributed by atoms with Gasteiger partial charge >= 0.3 is 0 Å². The summed E-state index contributed by atoms with van der Waals surface area (Å²) < 4.78 is 1.07. The average Bonchev–Trinajstić information content (AvgIpc) is 2.53. The number of hydrogen-bond donors (Lipinski definition) is 1. The second-order valence-electron chi connectivity index (χ2n) is 6.42. The van der Waals surface area contributed by atoms with Crippen molar-refractivity contribution in [2.75, 3.05) is 31.9 Å². The first kappa shape index (κ1) is 15.3. The van der Waals surface area contributed by atoms with Crippen molar-refractivity contribution in [2.45, 2.75) is 44.7 Å². The Morgan fingerprint density at radius 2 is 1.76 bits per heavy atom. The van der Waals surface area contributed by atoms with Crippen LogP contribution in [0.5, 0.6) is 0 Å². The van der Waals surface area contributed by atoms with E-state index < -0.39 is 0 Å². The van der Waals surface area contributed by atoms with Gasteiger partial charge in [-0.05, 0) is 79.4 Å². The van der Waals surface area contributed by atoms with Gasteiger partial charge in [0.15, 0.2) is 0 Å². The summed E-state index contributed by atoms with van der Waals surface area (Å²) in [6.07, 6.45) is 6.87. The van der Waals surface area contributed by atoms with E-state index in [4.69, 9.17) is 5.73 Å². The fourth-order valence-corrected chi connectivity index (χ4v) is 4.08. The zero-order valence-electron chi connectivity index (χ0n) is 12.7. The molecule has 0 bridgehead atoms. The van der Waals surface area contributed by atoms with Crippen molar-refractivity contribution in [1.82, 2.24) is 9.80 Å². The Morgan fingerprint density at radius 1 is 1.05 bits per heavy atom. The van der Waals surface area contributed by atoms with Crippen LogP contribution in [0.4, 0.5) is 5.69 Å². The number of piperidine rings is 2. The minimum absolute atomic E-state index is 0.825. The Morgan fingerprint density at radius 3 is 2.48 bits per heavy atom. The predicted molar refractivity (Wildman–Crippen MR) is 92.3 cm³/mol. The molecule has 116 valence electrons. The third kappa shape index (κ3) is 3.79. The van der Waals surface area contributed by atoms with Crippen LogP contribution >= 0.6 is 15.9 Å². The van der Waals surface area contributed by atoms with Crippen molar-refractivity contribution in [3.8, 4) is 0 Å². The Kier molecular flexibility index (Phi) is 5.19. The van der Waals surface area contributed by atoms with E-state index in [2.05, 4.69) is 37.9 Å². The van der Waals surface area contributed by atoms with E-state index in [9.17, 15) is 0 Å². The van der Waals surface area contributed by atoms with E-state index in [1.807, 2.05) is 6.07 Å². The van der Waals surface area contributed by atoms with E-state index in [-0.39, 0.29) is 0 Å². The molecule has 0 aliphatic carbocycles. The lowest BCUT2D eigenvalue weighted by Gasteiger charge is -2.40. The summed E-state index contributed by atoms with van der Waals surface area (Å²) >= 11 is 3.62. The highest BCUT2D eigenvalue weighted by molar-refractivity contribution is 9.10. The molecule has 0 unspecified atom stereocenters. The van der Waals surface area contributed by atoms with Crippen LogP contribution in [0.1, 0.15) is 37.7 Å². The number of halogens is 1. The number of nitrogen functional groups attached to an aromatic ring is 1. The summed E-state index contributed by atoms with van der Waals surface area (Å²) in [4.78, 5) is 5.30. The molecular weight excluding hydrogens is 326 g/mol. The molecular formula is C17H26BrN3. The topological polar surface area (TPSA) is 32.5 Å². The molecule has 2 N–H and O–H groups in total. The van der Waals surface area contributed by atoms with E-state index in [1.54, 1.807) is 0 Å². The van der Waals surface area contributed by atoms with E-state index in [0.29, 0.717) is 0 Å². The van der Waals surface area contributed by atoms with E-state index >= 15 is 0 Å². The molecule has 21 heavy (non-hydrogen) atoms. The van der Waals surface area contributed by atoms with Gasteiger partial charge in [-0.1, -0.05) is 18.6 Å². The number of hydrogen-bond acceptors (Lipinski definition) is 3. The highest BCUT2D eigenvalue weighted by Gasteiger charge is 2.25. The molecule has 0 spiro atoms. The quantitative estimate of drug-likeness (QED) is 0.846. The summed E-state index contributed by atoms with van der Waals surface area (Å²) in [7, 11) is 0. The van der Waals surface area contributed by atoms with Crippen molar-refractivity contribution < 1.29 is 0 Å². The van der Waals surface area contributed by atoms with Gasteiger partial charge in [-0.3, -0.25) is 4.90 Å². The van der Waals surface area contributed by atoms with Gasteiger partial charge in [-0.25, -0.2) is 0 Å². The molecule has 2 fully saturated rings. The van der Waals surface area contributed by atoms with Crippen molar-refractivity contribution in [3.63, 3.8) is 0 Å². The maximum atomic E-state index is 5.97. The van der Waals surface area contributed by atoms with Gasteiger partial charge in [0.05, 0.1) is 0 Å². The smallest absolute Gasteiger partial charge is 0.0461 e. The predicted octanol–water partition coefficient (Wildman–Crippen LogP) is 3.48. The molecule has 1 aromatic rings. The number of benzene rings is 1. The maximum Gasteiger partial charge on any atom is 0.0461 e. The minimum atomic E-state index is 0.825. The van der Waals surface area contributed by atoms with Gasteiger partial charge in [0, 0.05) is 22.7 Å². The Hall–Kier alpha value is -0.580. The van der Waals surface area contributed by atoms with Crippen LogP contribution in [0.3, 0.4) is 0 Å². The molecule has 0 saturated carbocycles. The highest BCUT2D eigenvalue weighted by Crippen LogP contribution is 2.27. The van der Waals surface area contributed by atoms with Crippen molar-refractivity contribution in [3.05, 3.63) is 28.2 Å². The molecule has 3 rings (SSSR count). The number of nitrogens with two attached hydrogens (primary N) is 1. The van der Waals surface area contributed by atoms with E-state index in [1.165, 1.54) is 63.8 Å². The van der Waals surface area contributed by atoms with Crippen LogP contribution in [0.15, 0.2) is 22.7 Å². The van der Waals surface area contributed by atoms with Gasteiger partial charge in [0.25, 0.3) is 0 Å². The second-order valence-corrected chi connectivity index (χ2v) is 7.22. The molecule has 0 atom stereocenters. The summed E-state index contributed by atoms with van der Waals surface area (Å²) in [6, 6.07) is 7.01. The van der Waals surface area contributed by atoms with E-state index in [0.717, 1.165) is 22.7 Å². The fraction of sp³-hybridized carbons (Fsp3) is 0.647. The maximum absolute atomic E-state index is 5.97. The molecule has 0 aromatic heterocycles. The molecule has 0 amide bonds. The second kappa shape index (κ2) is 7.12. The van der Waals surface area contributed by atoms with Crippen molar-refractivity contribution >= 4 is 21.6 Å². The molecule has 2 heterocycles. The summed E-state index contributed by atoms with van der Waals surface area (Å²) in [6.45, 7) is 6.08. The Bertz CT molecular complexity index is 463. The normalized spacial score (nSPS) is 22.5. The van der Waals surface area contributed by atoms with Gasteiger partial charge in [-0.2, -0.15) is 0 Å². The SMILES string of the molecule is Nc1cccc(CN2CCC(N3CCCCC3)CC2)c1Br. The lowest BCUT2D eigenvalue weighted by atomic mass is 9.99. The largest absolute Gasteiger partial charge is 0.398 e. The van der Waals surface area contributed by atoms with Gasteiger partial charge in [0.2, 0.25) is 0 Å². The Labute approximate surface area is 136 Å². The lowest BCUT2D eigenvalue weighted by molar-refractivity contribution is 0.0896. The first-order chi connectivity index (χ1) is 10.2. The van der Waals surface area contributed by atoms with Gasteiger partial charge in [-0.15, -0.1) is 0 Å². The molecule has 4 heteroatoms. The van der Waals surface area contributed by atoms with Crippen molar-refractivity contribution in [2.24, 2.45) is 0 Å². The zero-order chi connectivity index (χ0) is 14.7. The first-order valence-corrected chi connectivity index (χ1v) is 9.02. The summed E-state index contributed by atoms with van der Waals surface area (Å²) in [5.41, 5.74) is 8.13. The molecule has 1 aromatic carbocycles. The van der Waals surface area contributed by atoms with Crippen LogP contribution in [-0.2, 0) is 6.54 Å². The molecule has 3 nitrogen and oxygen atoms in total. The standard InChI is InChI=1S/C17H26BrN3/c18-17-14(5-4-6-16(17)19)13-20-11-7-15(8-12-20)21-9-2-1-3-10-21/h4-6,15H,1-3,7-13,19H2. The average molecular weight is 352 g/mol. The number of nitrogens with zero attached hydrogens (tertiary/aromatic N) is 2. The third-order valence-electron chi connectivity index (χ3n) is 4.97. The van der Waals surface area contributed by atoms with Crippen LogP contribution in [0.2, 0.25) is 0 Å². The molecule has 2 aliphatic heterocycles. The molecule has 0 radical (unpaired) electrons. The molecule has 2 aliphatic rings. The van der Waals surface area contributed by atoms with Crippen LogP contribution in [-0.4, -0.2) is 42.0 Å². The van der Waals surface area contributed by atoms with Crippen LogP contribution in [0.25, 0.3) is 0 Å². The molecule has 2 saturated heterocycles. The summed E-state index contributed by atoms with van der Waals surface area (Å²) in [5.74, 6) is 0. The number of anilines is 1. The van der Waals surface area contributed by atoms with Crippen LogP contribution in [0, 0.1) is 0 Å². The zero-order valence-corrected chi connectivity index (χ0v) is 14.3.